The second kappa shape index (κ2) is 27.8. The standard InChI is InChI=1S/C30H59O10P/c1-3-5-7-9-11-13-14-16-18-20-22-30(34)40-28(26-39-41(35,36)38-24-27(32)23-31)25-37-29(33)21-19-17-15-12-10-8-6-4-2/h27-28,31-32H,3-26H2,1-2H3,(H,35,36)/t27-,28+/m0/s1. The van der Waals surface area contributed by atoms with Crippen molar-refractivity contribution in [2.45, 2.75) is 154 Å². The molecule has 0 aliphatic carbocycles. The van der Waals surface area contributed by atoms with Gasteiger partial charge in [0.2, 0.25) is 0 Å². The van der Waals surface area contributed by atoms with Crippen LogP contribution in [0.5, 0.6) is 0 Å². The molecule has 41 heavy (non-hydrogen) atoms. The van der Waals surface area contributed by atoms with Gasteiger partial charge in [-0.15, -0.1) is 0 Å². The Labute approximate surface area is 248 Å². The number of aliphatic hydroxyl groups excluding tert-OH is 2. The van der Waals surface area contributed by atoms with Crippen molar-refractivity contribution in [2.24, 2.45) is 0 Å². The van der Waals surface area contributed by atoms with E-state index in [0.29, 0.717) is 12.8 Å². The second-order valence-electron chi connectivity index (χ2n) is 10.8. The fourth-order valence-electron chi connectivity index (χ4n) is 4.23. The molecular formula is C30H59O10P. The summed E-state index contributed by atoms with van der Waals surface area (Å²) in [6.45, 7) is 2.30. The Hall–Kier alpha value is -1.03. The van der Waals surface area contributed by atoms with E-state index < -0.39 is 51.8 Å². The van der Waals surface area contributed by atoms with Gasteiger partial charge in [-0.2, -0.15) is 0 Å². The maximum absolute atomic E-state index is 12.4. The van der Waals surface area contributed by atoms with E-state index in [-0.39, 0.29) is 19.4 Å². The lowest BCUT2D eigenvalue weighted by Crippen LogP contribution is -2.29. The average molecular weight is 611 g/mol. The molecule has 0 bridgehead atoms. The number of hydrogen-bond donors (Lipinski definition) is 3. The van der Waals surface area contributed by atoms with Crippen LogP contribution in [0.4, 0.5) is 0 Å². The van der Waals surface area contributed by atoms with Gasteiger partial charge in [-0.05, 0) is 12.8 Å². The molecule has 0 saturated carbocycles. The van der Waals surface area contributed by atoms with Crippen molar-refractivity contribution in [1.82, 2.24) is 0 Å². The van der Waals surface area contributed by atoms with Crippen LogP contribution in [-0.2, 0) is 32.7 Å². The summed E-state index contributed by atoms with van der Waals surface area (Å²) in [4.78, 5) is 34.4. The zero-order valence-corrected chi connectivity index (χ0v) is 26.7. The van der Waals surface area contributed by atoms with Gasteiger partial charge in [0.15, 0.2) is 6.10 Å². The molecule has 0 aliphatic rings. The summed E-state index contributed by atoms with van der Waals surface area (Å²) in [6.07, 6.45) is 18.1. The Kier molecular flexibility index (Phi) is 27.1. The van der Waals surface area contributed by atoms with Crippen LogP contribution in [0.3, 0.4) is 0 Å². The third-order valence-corrected chi connectivity index (χ3v) is 7.71. The first kappa shape index (κ1) is 40.0. The number of phosphoric acid groups is 1. The largest absolute Gasteiger partial charge is 0.472 e. The molecule has 0 spiro atoms. The predicted octanol–water partition coefficient (Wildman–Crippen LogP) is 6.77. The van der Waals surface area contributed by atoms with Crippen LogP contribution in [0, 0.1) is 0 Å². The lowest BCUT2D eigenvalue weighted by molar-refractivity contribution is -0.161. The number of aliphatic hydroxyl groups is 2. The van der Waals surface area contributed by atoms with Crippen molar-refractivity contribution in [3.8, 4) is 0 Å². The Morgan fingerprint density at radius 3 is 1.51 bits per heavy atom. The zero-order chi connectivity index (χ0) is 30.6. The smallest absolute Gasteiger partial charge is 0.462 e. The third-order valence-electron chi connectivity index (χ3n) is 6.76. The van der Waals surface area contributed by atoms with E-state index in [2.05, 4.69) is 18.4 Å². The van der Waals surface area contributed by atoms with Crippen LogP contribution in [0.2, 0.25) is 0 Å². The molecule has 11 heteroatoms. The lowest BCUT2D eigenvalue weighted by Gasteiger charge is -2.20. The maximum Gasteiger partial charge on any atom is 0.472 e. The van der Waals surface area contributed by atoms with Gasteiger partial charge in [-0.25, -0.2) is 4.57 Å². The van der Waals surface area contributed by atoms with Crippen LogP contribution in [0.1, 0.15) is 142 Å². The molecule has 0 aromatic rings. The molecule has 0 heterocycles. The number of carbonyl (C=O) groups is 2. The number of rotatable bonds is 30. The van der Waals surface area contributed by atoms with Crippen molar-refractivity contribution in [1.29, 1.82) is 0 Å². The van der Waals surface area contributed by atoms with Gasteiger partial charge in [-0.3, -0.25) is 18.6 Å². The molecule has 0 aliphatic heterocycles. The Balaban J connectivity index is 4.46. The summed E-state index contributed by atoms with van der Waals surface area (Å²) in [5.74, 6) is -0.928. The third kappa shape index (κ3) is 27.5. The van der Waals surface area contributed by atoms with E-state index in [9.17, 15) is 24.2 Å². The predicted molar refractivity (Wildman–Crippen MR) is 159 cm³/mol. The van der Waals surface area contributed by atoms with Crippen LogP contribution in [0.25, 0.3) is 0 Å². The van der Waals surface area contributed by atoms with Gasteiger partial charge in [0.05, 0.1) is 19.8 Å². The second-order valence-corrected chi connectivity index (χ2v) is 12.3. The minimum absolute atomic E-state index is 0.190. The highest BCUT2D eigenvalue weighted by atomic mass is 31.2. The topological polar surface area (TPSA) is 149 Å². The van der Waals surface area contributed by atoms with E-state index in [1.165, 1.54) is 64.2 Å². The molecule has 3 N–H and O–H groups in total. The molecule has 1 unspecified atom stereocenters. The number of carbonyl (C=O) groups excluding carboxylic acids is 2. The van der Waals surface area contributed by atoms with E-state index in [4.69, 9.17) is 19.1 Å². The van der Waals surface area contributed by atoms with Crippen LogP contribution in [-0.4, -0.2) is 65.7 Å². The first-order chi connectivity index (χ1) is 19.7. The van der Waals surface area contributed by atoms with Crippen molar-refractivity contribution in [3.63, 3.8) is 0 Å². The van der Waals surface area contributed by atoms with Gasteiger partial charge in [0.1, 0.15) is 12.7 Å². The van der Waals surface area contributed by atoms with Crippen LogP contribution in [0.15, 0.2) is 0 Å². The number of unbranched alkanes of at least 4 members (excludes halogenated alkanes) is 16. The van der Waals surface area contributed by atoms with Crippen molar-refractivity contribution in [3.05, 3.63) is 0 Å². The highest BCUT2D eigenvalue weighted by molar-refractivity contribution is 7.47. The minimum Gasteiger partial charge on any atom is -0.462 e. The molecule has 0 fully saturated rings. The van der Waals surface area contributed by atoms with Crippen molar-refractivity contribution in [2.75, 3.05) is 26.4 Å². The van der Waals surface area contributed by atoms with Gasteiger partial charge in [0.25, 0.3) is 0 Å². The average Bonchev–Trinajstić information content (AvgIpc) is 2.95. The Morgan fingerprint density at radius 1 is 0.634 bits per heavy atom. The highest BCUT2D eigenvalue weighted by Gasteiger charge is 2.27. The SMILES string of the molecule is CCCCCCCCCCCCC(=O)O[C@H](COC(=O)CCCCCCCCCC)COP(=O)(O)OC[C@@H](O)CO. The summed E-state index contributed by atoms with van der Waals surface area (Å²) in [5, 5.41) is 18.1. The summed E-state index contributed by atoms with van der Waals surface area (Å²) >= 11 is 0. The van der Waals surface area contributed by atoms with E-state index in [0.717, 1.165) is 38.5 Å². The molecule has 0 saturated heterocycles. The van der Waals surface area contributed by atoms with Crippen LogP contribution < -0.4 is 0 Å². The number of esters is 2. The monoisotopic (exact) mass is 610 g/mol. The lowest BCUT2D eigenvalue weighted by atomic mass is 10.1. The molecule has 0 amide bonds. The molecule has 3 atom stereocenters. The molecule has 0 aromatic carbocycles. The van der Waals surface area contributed by atoms with E-state index in [1.807, 2.05) is 0 Å². The molecule has 244 valence electrons. The summed E-state index contributed by atoms with van der Waals surface area (Å²) < 4.78 is 32.3. The van der Waals surface area contributed by atoms with Crippen molar-refractivity contribution < 1.29 is 47.8 Å². The summed E-state index contributed by atoms with van der Waals surface area (Å²) in [7, 11) is -4.59. The van der Waals surface area contributed by atoms with Gasteiger partial charge < -0.3 is 24.6 Å². The first-order valence-electron chi connectivity index (χ1n) is 16.0. The Morgan fingerprint density at radius 2 is 1.05 bits per heavy atom. The van der Waals surface area contributed by atoms with Crippen LogP contribution >= 0.6 is 7.82 Å². The quantitative estimate of drug-likeness (QED) is 0.0452. The molecular weight excluding hydrogens is 551 g/mol. The fraction of sp³-hybridized carbons (Fsp3) is 0.933. The fourth-order valence-corrected chi connectivity index (χ4v) is 5.02. The van der Waals surface area contributed by atoms with Gasteiger partial charge in [0, 0.05) is 12.8 Å². The number of phosphoric ester groups is 1. The summed E-state index contributed by atoms with van der Waals surface area (Å²) in [5.41, 5.74) is 0. The normalized spacial score (nSPS) is 14.4. The number of ether oxygens (including phenoxy) is 2. The number of hydrogen-bond acceptors (Lipinski definition) is 9. The van der Waals surface area contributed by atoms with Crippen molar-refractivity contribution >= 4 is 19.8 Å². The van der Waals surface area contributed by atoms with E-state index >= 15 is 0 Å². The zero-order valence-electron chi connectivity index (χ0n) is 25.8. The minimum atomic E-state index is -4.59. The molecule has 10 nitrogen and oxygen atoms in total. The summed E-state index contributed by atoms with van der Waals surface area (Å²) in [6, 6.07) is 0. The van der Waals surface area contributed by atoms with Gasteiger partial charge >= 0.3 is 19.8 Å². The molecule has 0 aromatic heterocycles. The van der Waals surface area contributed by atoms with E-state index in [1.54, 1.807) is 0 Å². The molecule has 0 radical (unpaired) electrons. The van der Waals surface area contributed by atoms with Gasteiger partial charge in [-0.1, -0.05) is 117 Å². The Bertz CT molecular complexity index is 676. The highest BCUT2D eigenvalue weighted by Crippen LogP contribution is 2.43. The molecule has 0 rings (SSSR count). The maximum atomic E-state index is 12.4. The first-order valence-corrected chi connectivity index (χ1v) is 17.5.